The molecule has 0 atom stereocenters. The van der Waals surface area contributed by atoms with Crippen LogP contribution in [0.3, 0.4) is 0 Å². The molecule has 0 aliphatic heterocycles. The summed E-state index contributed by atoms with van der Waals surface area (Å²) >= 11 is 6.60. The van der Waals surface area contributed by atoms with Crippen molar-refractivity contribution < 1.29 is 9.53 Å². The van der Waals surface area contributed by atoms with Gasteiger partial charge in [0.25, 0.3) is 5.56 Å². The number of ether oxygens (including phenoxy) is 1. The van der Waals surface area contributed by atoms with Gasteiger partial charge in [-0.1, -0.05) is 24.4 Å². The number of benzene rings is 1. The molecule has 0 fully saturated rings. The minimum atomic E-state index is -0.331. The number of thiocarbonyl (C=S) groups is 1. The first-order valence-corrected chi connectivity index (χ1v) is 8.76. The molecule has 128 valence electrons. The van der Waals surface area contributed by atoms with E-state index in [0.717, 1.165) is 0 Å². The maximum Gasteiger partial charge on any atom is 0.311 e. The molecule has 0 aliphatic carbocycles. The van der Waals surface area contributed by atoms with E-state index in [-0.39, 0.29) is 28.8 Å². The van der Waals surface area contributed by atoms with Gasteiger partial charge in [-0.2, -0.15) is 0 Å². The van der Waals surface area contributed by atoms with E-state index in [9.17, 15) is 9.59 Å². The van der Waals surface area contributed by atoms with E-state index < -0.39 is 0 Å². The van der Waals surface area contributed by atoms with Crippen molar-refractivity contribution >= 4 is 50.5 Å². The third kappa shape index (κ3) is 4.06. The zero-order valence-electron chi connectivity index (χ0n) is 13.2. The van der Waals surface area contributed by atoms with Gasteiger partial charge in [0, 0.05) is 5.38 Å². The van der Waals surface area contributed by atoms with Crippen molar-refractivity contribution in [1.82, 2.24) is 15.0 Å². The van der Waals surface area contributed by atoms with Gasteiger partial charge < -0.3 is 15.0 Å². The third-order valence-electron chi connectivity index (χ3n) is 3.23. The molecular formula is C16H14N4O3S2. The quantitative estimate of drug-likeness (QED) is 0.522. The van der Waals surface area contributed by atoms with Crippen LogP contribution in [0, 0.1) is 0 Å². The molecule has 7 nitrogen and oxygen atoms in total. The number of nitrogens with zero attached hydrogens (tertiary/aromatic N) is 2. The van der Waals surface area contributed by atoms with Crippen molar-refractivity contribution in [3.05, 3.63) is 51.5 Å². The number of nitrogens with one attached hydrogen (secondary N) is 2. The highest BCUT2D eigenvalue weighted by atomic mass is 32.1. The van der Waals surface area contributed by atoms with Crippen LogP contribution >= 0.6 is 23.6 Å². The molecule has 2 aromatic heterocycles. The van der Waals surface area contributed by atoms with Gasteiger partial charge in [0.15, 0.2) is 11.0 Å². The van der Waals surface area contributed by atoms with Crippen LogP contribution in [-0.4, -0.2) is 32.5 Å². The van der Waals surface area contributed by atoms with Gasteiger partial charge in [0.1, 0.15) is 4.99 Å². The lowest BCUT2D eigenvalue weighted by Crippen LogP contribution is -2.20. The van der Waals surface area contributed by atoms with Crippen LogP contribution < -0.4 is 10.9 Å². The van der Waals surface area contributed by atoms with Gasteiger partial charge in [-0.25, -0.2) is 9.97 Å². The van der Waals surface area contributed by atoms with E-state index >= 15 is 0 Å². The van der Waals surface area contributed by atoms with Crippen molar-refractivity contribution in [2.24, 2.45) is 0 Å². The Labute approximate surface area is 152 Å². The SMILES string of the molecule is CCOC(=O)Cc1csc(NC(=S)c2nc3ccccc3c(=O)[nH]2)n1. The van der Waals surface area contributed by atoms with Gasteiger partial charge in [0.05, 0.1) is 29.6 Å². The first kappa shape index (κ1) is 17.2. The molecule has 0 saturated heterocycles. The molecule has 0 amide bonds. The predicted molar refractivity (Wildman–Crippen MR) is 100 cm³/mol. The molecule has 0 bridgehead atoms. The van der Waals surface area contributed by atoms with Crippen LogP contribution in [-0.2, 0) is 16.0 Å². The lowest BCUT2D eigenvalue weighted by atomic mass is 10.2. The standard InChI is InChI=1S/C16H14N4O3S2/c1-2-23-12(21)7-9-8-25-16(17-9)20-15(24)13-18-11-6-4-3-5-10(11)14(22)19-13/h3-6,8H,2,7H2,1H3,(H,17,20,24)(H,18,19,22). The Morgan fingerprint density at radius 3 is 2.96 bits per heavy atom. The van der Waals surface area contributed by atoms with Crippen LogP contribution in [0.15, 0.2) is 34.4 Å². The molecule has 0 radical (unpaired) electrons. The number of carbonyl (C=O) groups excluding carboxylic acids is 1. The van der Waals surface area contributed by atoms with E-state index in [2.05, 4.69) is 20.3 Å². The number of para-hydroxylation sites is 1. The van der Waals surface area contributed by atoms with E-state index in [4.69, 9.17) is 17.0 Å². The molecule has 0 aliphatic rings. The Hall–Kier alpha value is -2.65. The number of anilines is 1. The molecule has 1 aromatic carbocycles. The van der Waals surface area contributed by atoms with Gasteiger partial charge >= 0.3 is 5.97 Å². The molecule has 3 aromatic rings. The molecule has 3 rings (SSSR count). The normalized spacial score (nSPS) is 10.6. The number of hydrogen-bond acceptors (Lipinski definition) is 7. The Kier molecular flexibility index (Phi) is 5.15. The average Bonchev–Trinajstić information content (AvgIpc) is 3.01. The fourth-order valence-corrected chi connectivity index (χ4v) is 3.13. The highest BCUT2D eigenvalue weighted by Gasteiger charge is 2.12. The number of aromatic nitrogens is 3. The number of thiazole rings is 1. The van der Waals surface area contributed by atoms with E-state index in [0.29, 0.717) is 28.3 Å². The Morgan fingerprint density at radius 1 is 1.36 bits per heavy atom. The molecule has 0 saturated carbocycles. The third-order valence-corrected chi connectivity index (χ3v) is 4.33. The monoisotopic (exact) mass is 374 g/mol. The molecule has 25 heavy (non-hydrogen) atoms. The van der Waals surface area contributed by atoms with Gasteiger partial charge in [0.2, 0.25) is 0 Å². The largest absolute Gasteiger partial charge is 0.466 e. The first-order valence-electron chi connectivity index (χ1n) is 7.47. The number of fused-ring (bicyclic) bond motifs is 1. The molecule has 0 unspecified atom stereocenters. The van der Waals surface area contributed by atoms with Crippen LogP contribution in [0.1, 0.15) is 18.4 Å². The maximum atomic E-state index is 12.1. The van der Waals surface area contributed by atoms with Crippen LogP contribution in [0.5, 0.6) is 0 Å². The van der Waals surface area contributed by atoms with Crippen molar-refractivity contribution in [2.75, 3.05) is 11.9 Å². The highest BCUT2D eigenvalue weighted by molar-refractivity contribution is 7.81. The first-order chi connectivity index (χ1) is 12.1. The summed E-state index contributed by atoms with van der Waals surface area (Å²) in [5.74, 6) is -0.0664. The van der Waals surface area contributed by atoms with Gasteiger partial charge in [-0.3, -0.25) is 9.59 Å². The lowest BCUT2D eigenvalue weighted by Gasteiger charge is -2.05. The number of esters is 1. The van der Waals surface area contributed by atoms with Crippen LogP contribution in [0.2, 0.25) is 0 Å². The van der Waals surface area contributed by atoms with Crippen LogP contribution in [0.4, 0.5) is 5.13 Å². The number of aromatic amines is 1. The molecule has 0 spiro atoms. The minimum Gasteiger partial charge on any atom is -0.466 e. The van der Waals surface area contributed by atoms with Crippen molar-refractivity contribution in [2.45, 2.75) is 13.3 Å². The predicted octanol–water partition coefficient (Wildman–Crippen LogP) is 2.27. The number of hydrogen-bond donors (Lipinski definition) is 2. The highest BCUT2D eigenvalue weighted by Crippen LogP contribution is 2.17. The summed E-state index contributed by atoms with van der Waals surface area (Å²) in [4.78, 5) is 35.1. The second kappa shape index (κ2) is 7.49. The summed E-state index contributed by atoms with van der Waals surface area (Å²) in [6.07, 6.45) is 0.101. The molecule has 2 heterocycles. The van der Waals surface area contributed by atoms with E-state index in [1.165, 1.54) is 11.3 Å². The van der Waals surface area contributed by atoms with E-state index in [1.54, 1.807) is 36.6 Å². The van der Waals surface area contributed by atoms with E-state index in [1.807, 2.05) is 0 Å². The summed E-state index contributed by atoms with van der Waals surface area (Å²) in [5, 5.41) is 5.69. The molecular weight excluding hydrogens is 360 g/mol. The molecule has 9 heteroatoms. The summed E-state index contributed by atoms with van der Waals surface area (Å²) in [6, 6.07) is 7.02. The fourth-order valence-electron chi connectivity index (χ4n) is 2.16. The number of carbonyl (C=O) groups is 1. The van der Waals surface area contributed by atoms with Crippen molar-refractivity contribution in [1.29, 1.82) is 0 Å². The average molecular weight is 374 g/mol. The minimum absolute atomic E-state index is 0.101. The Balaban J connectivity index is 1.75. The number of H-pyrrole nitrogens is 1. The number of rotatable bonds is 5. The summed E-state index contributed by atoms with van der Waals surface area (Å²) in [6.45, 7) is 2.08. The lowest BCUT2D eigenvalue weighted by molar-refractivity contribution is -0.142. The van der Waals surface area contributed by atoms with Crippen LogP contribution in [0.25, 0.3) is 10.9 Å². The Morgan fingerprint density at radius 2 is 2.16 bits per heavy atom. The summed E-state index contributed by atoms with van der Waals surface area (Å²) in [7, 11) is 0. The second-order valence-corrected chi connectivity index (χ2v) is 6.28. The summed E-state index contributed by atoms with van der Waals surface area (Å²) in [5.41, 5.74) is 0.896. The van der Waals surface area contributed by atoms with Gasteiger partial charge in [-0.05, 0) is 19.1 Å². The summed E-state index contributed by atoms with van der Waals surface area (Å²) < 4.78 is 4.89. The van der Waals surface area contributed by atoms with Gasteiger partial charge in [-0.15, -0.1) is 11.3 Å². The second-order valence-electron chi connectivity index (χ2n) is 5.01. The topological polar surface area (TPSA) is 97.0 Å². The van der Waals surface area contributed by atoms with Crippen molar-refractivity contribution in [3.8, 4) is 0 Å². The zero-order valence-corrected chi connectivity index (χ0v) is 14.9. The maximum absolute atomic E-state index is 12.1. The zero-order chi connectivity index (χ0) is 17.8. The Bertz CT molecular complexity index is 996. The molecule has 2 N–H and O–H groups in total. The fraction of sp³-hybridized carbons (Fsp3) is 0.188. The smallest absolute Gasteiger partial charge is 0.311 e. The van der Waals surface area contributed by atoms with Crippen molar-refractivity contribution in [3.63, 3.8) is 0 Å².